The average Bonchev–Trinajstić information content (AvgIpc) is 2.66. The quantitative estimate of drug-likeness (QED) is 0.535. The van der Waals surface area contributed by atoms with Crippen LogP contribution in [0.4, 0.5) is 5.95 Å². The number of fused-ring (bicyclic) bond motifs is 1. The number of carbonyl (C=O) groups is 1. The zero-order chi connectivity index (χ0) is 18.5. The molecule has 2 N–H and O–H groups in total. The normalized spacial score (nSPS) is 11.0. The highest BCUT2D eigenvalue weighted by Gasteiger charge is 2.09. The van der Waals surface area contributed by atoms with Crippen molar-refractivity contribution in [3.05, 3.63) is 75.5 Å². The molecular formula is C19H17ClN4O2. The van der Waals surface area contributed by atoms with Crippen molar-refractivity contribution in [2.24, 2.45) is 0 Å². The predicted octanol–water partition coefficient (Wildman–Crippen LogP) is 3.23. The standard InChI is InChI=1S/C19H17ClN4O2/c1-2-24-18(26)14-8-4-6-10-16(14)21-19(24)23-22-17(25)12-11-13-7-3-5-9-15(13)20/h3-12H,2H2,1H3,(H,21,23)(H,22,25). The summed E-state index contributed by atoms with van der Waals surface area (Å²) in [5.41, 5.74) is 6.36. The number of aromatic nitrogens is 2. The van der Waals surface area contributed by atoms with Crippen LogP contribution in [-0.4, -0.2) is 15.5 Å². The van der Waals surface area contributed by atoms with Crippen molar-refractivity contribution < 1.29 is 4.79 Å². The van der Waals surface area contributed by atoms with Crippen LogP contribution in [0.15, 0.2) is 59.4 Å². The number of benzene rings is 2. The van der Waals surface area contributed by atoms with Gasteiger partial charge in [-0.3, -0.25) is 25.0 Å². The molecule has 26 heavy (non-hydrogen) atoms. The van der Waals surface area contributed by atoms with E-state index in [1.54, 1.807) is 42.5 Å². The van der Waals surface area contributed by atoms with Gasteiger partial charge < -0.3 is 0 Å². The van der Waals surface area contributed by atoms with Crippen LogP contribution in [0.3, 0.4) is 0 Å². The smallest absolute Gasteiger partial charge is 0.262 e. The van der Waals surface area contributed by atoms with E-state index in [0.717, 1.165) is 5.56 Å². The first-order chi connectivity index (χ1) is 12.6. The highest BCUT2D eigenvalue weighted by Crippen LogP contribution is 2.16. The van der Waals surface area contributed by atoms with Crippen LogP contribution in [-0.2, 0) is 11.3 Å². The van der Waals surface area contributed by atoms with Crippen LogP contribution >= 0.6 is 11.6 Å². The van der Waals surface area contributed by atoms with Gasteiger partial charge in [-0.15, -0.1) is 0 Å². The van der Waals surface area contributed by atoms with Crippen molar-refractivity contribution in [1.82, 2.24) is 15.0 Å². The zero-order valence-electron chi connectivity index (χ0n) is 14.1. The third kappa shape index (κ3) is 3.75. The van der Waals surface area contributed by atoms with Gasteiger partial charge in [0.1, 0.15) is 0 Å². The molecule has 3 aromatic rings. The molecule has 0 aliphatic rings. The summed E-state index contributed by atoms with van der Waals surface area (Å²) in [5.74, 6) is -0.120. The summed E-state index contributed by atoms with van der Waals surface area (Å²) in [7, 11) is 0. The van der Waals surface area contributed by atoms with E-state index in [4.69, 9.17) is 11.6 Å². The maximum absolute atomic E-state index is 12.5. The van der Waals surface area contributed by atoms with E-state index >= 15 is 0 Å². The Labute approximate surface area is 155 Å². The predicted molar refractivity (Wildman–Crippen MR) is 104 cm³/mol. The van der Waals surface area contributed by atoms with Crippen molar-refractivity contribution >= 4 is 40.4 Å². The molecule has 1 heterocycles. The van der Waals surface area contributed by atoms with Crippen LogP contribution in [0.1, 0.15) is 12.5 Å². The third-order valence-corrected chi connectivity index (χ3v) is 4.14. The van der Waals surface area contributed by atoms with Gasteiger partial charge in [-0.2, -0.15) is 0 Å². The number of halogens is 1. The van der Waals surface area contributed by atoms with Crippen molar-refractivity contribution in [3.63, 3.8) is 0 Å². The molecule has 0 atom stereocenters. The second-order valence-electron chi connectivity index (χ2n) is 5.47. The molecule has 0 saturated carbocycles. The van der Waals surface area contributed by atoms with Crippen LogP contribution in [0, 0.1) is 0 Å². The lowest BCUT2D eigenvalue weighted by atomic mass is 10.2. The number of nitrogens with zero attached hydrogens (tertiary/aromatic N) is 2. The molecule has 0 saturated heterocycles. The van der Waals surface area contributed by atoms with Gasteiger partial charge in [-0.05, 0) is 36.8 Å². The molecule has 2 aromatic carbocycles. The van der Waals surface area contributed by atoms with Gasteiger partial charge in [0.15, 0.2) is 0 Å². The number of carbonyl (C=O) groups excluding carboxylic acids is 1. The van der Waals surface area contributed by atoms with E-state index in [2.05, 4.69) is 15.8 Å². The van der Waals surface area contributed by atoms with Crippen molar-refractivity contribution in [2.75, 3.05) is 5.43 Å². The molecule has 6 nitrogen and oxygen atoms in total. The van der Waals surface area contributed by atoms with Crippen LogP contribution in [0.2, 0.25) is 5.02 Å². The van der Waals surface area contributed by atoms with Gasteiger partial charge in [0.05, 0.1) is 10.9 Å². The number of rotatable bonds is 5. The van der Waals surface area contributed by atoms with Crippen LogP contribution in [0.5, 0.6) is 0 Å². The number of nitrogens with one attached hydrogen (secondary N) is 2. The SMILES string of the molecule is CCn1c(NNC(=O)C=Cc2ccccc2Cl)nc2ccccc2c1=O. The van der Waals surface area contributed by atoms with E-state index in [1.807, 2.05) is 19.1 Å². The van der Waals surface area contributed by atoms with Gasteiger partial charge in [0.2, 0.25) is 5.95 Å². The molecule has 0 aliphatic heterocycles. The fraction of sp³-hybridized carbons (Fsp3) is 0.105. The second-order valence-corrected chi connectivity index (χ2v) is 5.88. The van der Waals surface area contributed by atoms with Gasteiger partial charge >= 0.3 is 0 Å². The average molecular weight is 369 g/mol. The summed E-state index contributed by atoms with van der Waals surface area (Å²) < 4.78 is 1.46. The lowest BCUT2D eigenvalue weighted by molar-refractivity contribution is -0.116. The van der Waals surface area contributed by atoms with E-state index in [0.29, 0.717) is 22.5 Å². The number of hydrazine groups is 1. The summed E-state index contributed by atoms with van der Waals surface area (Å²) >= 11 is 6.05. The molecule has 0 unspecified atom stereocenters. The van der Waals surface area contributed by atoms with Gasteiger partial charge in [-0.25, -0.2) is 4.98 Å². The maximum atomic E-state index is 12.5. The van der Waals surface area contributed by atoms with Crippen molar-refractivity contribution in [1.29, 1.82) is 0 Å². The summed E-state index contributed by atoms with van der Waals surface area (Å²) in [6.07, 6.45) is 2.96. The van der Waals surface area contributed by atoms with Crippen molar-refractivity contribution in [2.45, 2.75) is 13.5 Å². The molecule has 0 radical (unpaired) electrons. The molecule has 132 valence electrons. The molecular weight excluding hydrogens is 352 g/mol. The fourth-order valence-corrected chi connectivity index (χ4v) is 2.69. The maximum Gasteiger partial charge on any atom is 0.262 e. The Morgan fingerprint density at radius 3 is 2.69 bits per heavy atom. The summed E-state index contributed by atoms with van der Waals surface area (Å²) in [6, 6.07) is 14.3. The molecule has 7 heteroatoms. The molecule has 0 spiro atoms. The second kappa shape index (κ2) is 7.84. The lowest BCUT2D eigenvalue weighted by Gasteiger charge is -2.13. The highest BCUT2D eigenvalue weighted by molar-refractivity contribution is 6.32. The minimum atomic E-state index is -0.394. The Morgan fingerprint density at radius 1 is 1.19 bits per heavy atom. The Morgan fingerprint density at radius 2 is 1.92 bits per heavy atom. The van der Waals surface area contributed by atoms with Crippen molar-refractivity contribution in [3.8, 4) is 0 Å². The fourth-order valence-electron chi connectivity index (χ4n) is 2.49. The summed E-state index contributed by atoms with van der Waals surface area (Å²) in [5, 5.41) is 1.09. The van der Waals surface area contributed by atoms with E-state index < -0.39 is 5.91 Å². The molecule has 0 bridgehead atoms. The van der Waals surface area contributed by atoms with Gasteiger partial charge in [0.25, 0.3) is 11.5 Å². The summed E-state index contributed by atoms with van der Waals surface area (Å²) in [6.45, 7) is 2.26. The third-order valence-electron chi connectivity index (χ3n) is 3.79. The van der Waals surface area contributed by atoms with E-state index in [9.17, 15) is 9.59 Å². The van der Waals surface area contributed by atoms with Gasteiger partial charge in [-0.1, -0.05) is 41.9 Å². The summed E-state index contributed by atoms with van der Waals surface area (Å²) in [4.78, 5) is 28.9. The number of hydrogen-bond acceptors (Lipinski definition) is 4. The monoisotopic (exact) mass is 368 g/mol. The first kappa shape index (κ1) is 17.7. The topological polar surface area (TPSA) is 76.0 Å². The molecule has 1 amide bonds. The molecule has 0 fully saturated rings. The Hall–Kier alpha value is -3.12. The van der Waals surface area contributed by atoms with E-state index in [-0.39, 0.29) is 11.5 Å². The number of amides is 1. The van der Waals surface area contributed by atoms with Crippen LogP contribution in [0.25, 0.3) is 17.0 Å². The number of para-hydroxylation sites is 1. The molecule has 3 rings (SSSR count). The first-order valence-electron chi connectivity index (χ1n) is 8.08. The highest BCUT2D eigenvalue weighted by atomic mass is 35.5. The van der Waals surface area contributed by atoms with Gasteiger partial charge in [0, 0.05) is 17.6 Å². The minimum Gasteiger partial charge on any atom is -0.277 e. The molecule has 1 aromatic heterocycles. The Bertz CT molecular complexity index is 1040. The largest absolute Gasteiger partial charge is 0.277 e. The number of anilines is 1. The Kier molecular flexibility index (Phi) is 5.34. The lowest BCUT2D eigenvalue weighted by Crippen LogP contribution is -2.33. The van der Waals surface area contributed by atoms with E-state index in [1.165, 1.54) is 10.6 Å². The first-order valence-corrected chi connectivity index (χ1v) is 8.46. The molecule has 0 aliphatic carbocycles. The number of hydrogen-bond donors (Lipinski definition) is 2. The zero-order valence-corrected chi connectivity index (χ0v) is 14.8. The minimum absolute atomic E-state index is 0.165. The Balaban J connectivity index is 1.78. The van der Waals surface area contributed by atoms with Crippen LogP contribution < -0.4 is 16.4 Å².